The van der Waals surface area contributed by atoms with Crippen LogP contribution in [-0.4, -0.2) is 20.6 Å². The van der Waals surface area contributed by atoms with Crippen molar-refractivity contribution in [3.8, 4) is 5.88 Å². The molecule has 1 aliphatic heterocycles. The minimum absolute atomic E-state index is 0.0159. The summed E-state index contributed by atoms with van der Waals surface area (Å²) in [7, 11) is 0. The molecule has 1 aliphatic rings. The highest BCUT2D eigenvalue weighted by Gasteiger charge is 2.25. The summed E-state index contributed by atoms with van der Waals surface area (Å²) in [5.74, 6) is -0.394. The molecule has 0 atom stereocenters. The smallest absolute Gasteiger partial charge is 0.279 e. The standard InChI is InChI=1S/C18H12BrClN4O2S/c1-2-24-17(26)15(27-18(24)23-13-5-6-21-8-11(13)20)14-10-7-9(19)3-4-12(10)22-16(14)25/h3-8,26H,2H2,1H3. The van der Waals surface area contributed by atoms with Crippen LogP contribution in [0.4, 0.5) is 5.69 Å². The average Bonchev–Trinajstić information content (AvgIpc) is 3.12. The van der Waals surface area contributed by atoms with Crippen molar-refractivity contribution >= 4 is 56.0 Å². The van der Waals surface area contributed by atoms with Crippen LogP contribution in [0.25, 0.3) is 5.57 Å². The van der Waals surface area contributed by atoms with Crippen LogP contribution in [0.3, 0.4) is 0 Å². The molecule has 9 heteroatoms. The Kier molecular flexibility index (Phi) is 4.71. The summed E-state index contributed by atoms with van der Waals surface area (Å²) in [4.78, 5) is 26.1. The molecule has 2 aromatic heterocycles. The van der Waals surface area contributed by atoms with E-state index in [9.17, 15) is 9.90 Å². The van der Waals surface area contributed by atoms with Crippen molar-refractivity contribution in [2.75, 3.05) is 0 Å². The number of carbonyl (C=O) groups excluding carboxylic acids is 1. The van der Waals surface area contributed by atoms with Crippen molar-refractivity contribution in [2.45, 2.75) is 13.5 Å². The van der Waals surface area contributed by atoms with Crippen molar-refractivity contribution in [3.05, 3.63) is 66.4 Å². The maximum absolute atomic E-state index is 12.5. The highest BCUT2D eigenvalue weighted by Crippen LogP contribution is 2.29. The van der Waals surface area contributed by atoms with Gasteiger partial charge < -0.3 is 5.11 Å². The number of pyridine rings is 1. The van der Waals surface area contributed by atoms with Crippen LogP contribution >= 0.6 is 38.9 Å². The molecule has 27 heavy (non-hydrogen) atoms. The number of halogens is 2. The van der Waals surface area contributed by atoms with E-state index in [0.29, 0.717) is 43.1 Å². The molecular formula is C18H12BrClN4O2S. The summed E-state index contributed by atoms with van der Waals surface area (Å²) in [6.07, 6.45) is 3.10. The Bertz CT molecular complexity index is 1280. The van der Waals surface area contributed by atoms with Gasteiger partial charge in [0.05, 0.1) is 21.6 Å². The number of nitrogens with zero attached hydrogens (tertiary/aromatic N) is 4. The number of hydrogen-bond acceptors (Lipinski definition) is 5. The molecule has 0 fully saturated rings. The van der Waals surface area contributed by atoms with Crippen LogP contribution in [0.2, 0.25) is 5.02 Å². The Hall–Kier alpha value is -2.29. The van der Waals surface area contributed by atoms with E-state index in [4.69, 9.17) is 11.6 Å². The quantitative estimate of drug-likeness (QED) is 0.648. The number of amides is 1. The van der Waals surface area contributed by atoms with Crippen molar-refractivity contribution in [1.82, 2.24) is 9.55 Å². The molecule has 6 nitrogen and oxygen atoms in total. The Labute approximate surface area is 171 Å². The summed E-state index contributed by atoms with van der Waals surface area (Å²) in [6, 6.07) is 7.11. The van der Waals surface area contributed by atoms with Crippen molar-refractivity contribution in [1.29, 1.82) is 0 Å². The van der Waals surface area contributed by atoms with Gasteiger partial charge in [0.15, 0.2) is 4.80 Å². The van der Waals surface area contributed by atoms with Gasteiger partial charge in [0, 0.05) is 28.6 Å². The molecule has 3 aromatic rings. The SMILES string of the molecule is CCn1c(O)c(C2=c3cc(Br)ccc3=NC2=O)sc1=Nc1ccncc1Cl. The molecule has 0 radical (unpaired) electrons. The van der Waals surface area contributed by atoms with Crippen LogP contribution < -0.4 is 15.4 Å². The summed E-state index contributed by atoms with van der Waals surface area (Å²) in [5.41, 5.74) is 0.913. The van der Waals surface area contributed by atoms with Gasteiger partial charge in [-0.25, -0.2) is 9.98 Å². The third-order valence-corrected chi connectivity index (χ3v) is 5.93. The molecular weight excluding hydrogens is 452 g/mol. The summed E-state index contributed by atoms with van der Waals surface area (Å²) in [5, 5.41) is 12.4. The van der Waals surface area contributed by atoms with E-state index in [2.05, 4.69) is 30.9 Å². The minimum Gasteiger partial charge on any atom is -0.493 e. The van der Waals surface area contributed by atoms with Crippen molar-refractivity contribution < 1.29 is 9.90 Å². The zero-order valence-electron chi connectivity index (χ0n) is 14.0. The number of thiazole rings is 1. The van der Waals surface area contributed by atoms with Crippen molar-refractivity contribution in [3.63, 3.8) is 0 Å². The van der Waals surface area contributed by atoms with Crippen LogP contribution in [0, 0.1) is 0 Å². The number of benzene rings is 1. The maximum Gasteiger partial charge on any atom is 0.279 e. The number of aromatic hydroxyl groups is 1. The van der Waals surface area contributed by atoms with Gasteiger partial charge in [-0.2, -0.15) is 0 Å². The molecule has 0 bridgehead atoms. The highest BCUT2D eigenvalue weighted by molar-refractivity contribution is 9.10. The zero-order chi connectivity index (χ0) is 19.1. The largest absolute Gasteiger partial charge is 0.493 e. The van der Waals surface area contributed by atoms with Gasteiger partial charge in [-0.3, -0.25) is 14.3 Å². The second kappa shape index (κ2) is 7.03. The molecule has 1 N–H and O–H groups in total. The van der Waals surface area contributed by atoms with E-state index in [1.54, 1.807) is 22.9 Å². The topological polar surface area (TPSA) is 79.8 Å². The number of aromatic nitrogens is 2. The molecule has 0 saturated heterocycles. The first-order chi connectivity index (χ1) is 13.0. The fraction of sp³-hybridized carbons (Fsp3) is 0.111. The summed E-state index contributed by atoms with van der Waals surface area (Å²) < 4.78 is 2.46. The molecule has 0 spiro atoms. The van der Waals surface area contributed by atoms with Gasteiger partial charge >= 0.3 is 0 Å². The van der Waals surface area contributed by atoms with Crippen molar-refractivity contribution in [2.24, 2.45) is 9.98 Å². The molecule has 0 saturated carbocycles. The van der Waals surface area contributed by atoms with Gasteiger partial charge in [0.25, 0.3) is 5.91 Å². The Balaban J connectivity index is 2.01. The average molecular weight is 464 g/mol. The lowest BCUT2D eigenvalue weighted by Gasteiger charge is -2.02. The number of fused-ring (bicyclic) bond motifs is 1. The molecule has 0 unspecified atom stereocenters. The number of carbonyl (C=O) groups is 1. The van der Waals surface area contributed by atoms with E-state index in [1.165, 1.54) is 17.5 Å². The lowest BCUT2D eigenvalue weighted by molar-refractivity contribution is -0.112. The third kappa shape index (κ3) is 3.13. The van der Waals surface area contributed by atoms with E-state index in [1.807, 2.05) is 19.1 Å². The maximum atomic E-state index is 12.5. The minimum atomic E-state index is -0.378. The van der Waals surface area contributed by atoms with Gasteiger partial charge in [0.1, 0.15) is 4.88 Å². The Morgan fingerprint density at radius 3 is 2.93 bits per heavy atom. The Morgan fingerprint density at radius 2 is 2.19 bits per heavy atom. The Morgan fingerprint density at radius 1 is 1.37 bits per heavy atom. The monoisotopic (exact) mass is 462 g/mol. The van der Waals surface area contributed by atoms with Crippen LogP contribution in [-0.2, 0) is 11.3 Å². The van der Waals surface area contributed by atoms with Crippen LogP contribution in [0.1, 0.15) is 11.8 Å². The second-order valence-corrected chi connectivity index (χ2v) is 7.97. The van der Waals surface area contributed by atoms with Gasteiger partial charge in [0.2, 0.25) is 5.88 Å². The number of rotatable bonds is 3. The van der Waals surface area contributed by atoms with Gasteiger partial charge in [-0.15, -0.1) is 0 Å². The molecule has 1 amide bonds. The molecule has 4 rings (SSSR count). The van der Waals surface area contributed by atoms with E-state index in [-0.39, 0.29) is 11.8 Å². The lowest BCUT2D eigenvalue weighted by atomic mass is 10.1. The van der Waals surface area contributed by atoms with E-state index >= 15 is 0 Å². The van der Waals surface area contributed by atoms with E-state index < -0.39 is 0 Å². The second-order valence-electron chi connectivity index (χ2n) is 5.67. The molecule has 0 aliphatic carbocycles. The van der Waals surface area contributed by atoms with E-state index in [0.717, 1.165) is 4.47 Å². The first kappa shape index (κ1) is 18.1. The molecule has 3 heterocycles. The van der Waals surface area contributed by atoms with Crippen LogP contribution in [0.15, 0.2) is 51.1 Å². The molecule has 1 aromatic carbocycles. The normalized spacial score (nSPS) is 13.8. The number of hydrogen-bond donors (Lipinski definition) is 1. The van der Waals surface area contributed by atoms with Crippen LogP contribution in [0.5, 0.6) is 5.88 Å². The summed E-state index contributed by atoms with van der Waals surface area (Å²) >= 11 is 10.8. The van der Waals surface area contributed by atoms with Gasteiger partial charge in [-0.05, 0) is 31.2 Å². The fourth-order valence-electron chi connectivity index (χ4n) is 2.80. The fourth-order valence-corrected chi connectivity index (χ4v) is 4.48. The predicted molar refractivity (Wildman–Crippen MR) is 107 cm³/mol. The van der Waals surface area contributed by atoms with Gasteiger partial charge in [-0.1, -0.05) is 38.9 Å². The summed E-state index contributed by atoms with van der Waals surface area (Å²) in [6.45, 7) is 2.37. The lowest BCUT2D eigenvalue weighted by Crippen LogP contribution is -2.22. The molecule has 136 valence electrons. The first-order valence-corrected chi connectivity index (χ1v) is 9.98. The first-order valence-electron chi connectivity index (χ1n) is 7.99. The highest BCUT2D eigenvalue weighted by atomic mass is 79.9. The third-order valence-electron chi connectivity index (χ3n) is 4.06. The zero-order valence-corrected chi connectivity index (χ0v) is 17.1. The predicted octanol–water partition coefficient (Wildman–Crippen LogP) is 2.68.